The second-order valence-corrected chi connectivity index (χ2v) is 2.60. The molecule has 0 aliphatic carbocycles. The van der Waals surface area contributed by atoms with Crippen LogP contribution in [0.15, 0.2) is 0 Å². The molecule has 60 valence electrons. The van der Waals surface area contributed by atoms with E-state index in [0.717, 1.165) is 6.42 Å². The van der Waals surface area contributed by atoms with Crippen molar-refractivity contribution < 1.29 is 9.90 Å². The Labute approximate surface area is 66.0 Å². The number of terminal acetylenes is 1. The van der Waals surface area contributed by atoms with Crippen LogP contribution in [0.1, 0.15) is 12.8 Å². The van der Waals surface area contributed by atoms with Gasteiger partial charge in [-0.1, -0.05) is 5.92 Å². The fourth-order valence-corrected chi connectivity index (χ4v) is 1.30. The van der Waals surface area contributed by atoms with Crippen molar-refractivity contribution in [3.63, 3.8) is 0 Å². The number of likely N-dealkylation sites (tertiary alicyclic amines) is 1. The molecule has 1 heterocycles. The van der Waals surface area contributed by atoms with E-state index in [4.69, 9.17) is 11.5 Å². The van der Waals surface area contributed by atoms with Crippen molar-refractivity contribution in [2.24, 2.45) is 0 Å². The molecule has 0 aromatic rings. The molecule has 1 atom stereocenters. The Morgan fingerprint density at radius 3 is 3.09 bits per heavy atom. The average Bonchev–Trinajstić information content (AvgIpc) is 2.34. The van der Waals surface area contributed by atoms with E-state index in [1.165, 1.54) is 0 Å². The molecule has 0 bridgehead atoms. The van der Waals surface area contributed by atoms with Crippen molar-refractivity contribution in [2.75, 3.05) is 13.2 Å². The van der Waals surface area contributed by atoms with Crippen LogP contribution in [0.2, 0.25) is 0 Å². The fourth-order valence-electron chi connectivity index (χ4n) is 1.30. The van der Waals surface area contributed by atoms with Crippen molar-refractivity contribution >= 4 is 5.91 Å². The largest absolute Gasteiger partial charge is 0.394 e. The zero-order valence-electron chi connectivity index (χ0n) is 6.29. The van der Waals surface area contributed by atoms with Gasteiger partial charge in [0.25, 0.3) is 0 Å². The summed E-state index contributed by atoms with van der Waals surface area (Å²) in [5.74, 6) is 2.46. The number of aliphatic hydroxyl groups is 1. The standard InChI is InChI=1S/C8H11NO2/c1-2-5-9-7(6-10)3-4-8(9)11/h1,7,10H,3-6H2. The van der Waals surface area contributed by atoms with Crippen molar-refractivity contribution in [1.82, 2.24) is 4.90 Å². The summed E-state index contributed by atoms with van der Waals surface area (Å²) in [6.45, 7) is 0.345. The molecule has 3 heteroatoms. The first-order chi connectivity index (χ1) is 5.29. The number of hydrogen-bond donors (Lipinski definition) is 1. The van der Waals surface area contributed by atoms with E-state index >= 15 is 0 Å². The van der Waals surface area contributed by atoms with Gasteiger partial charge in [-0.25, -0.2) is 0 Å². The molecule has 1 N–H and O–H groups in total. The van der Waals surface area contributed by atoms with Crippen LogP contribution in [0.3, 0.4) is 0 Å². The Kier molecular flexibility index (Phi) is 2.50. The summed E-state index contributed by atoms with van der Waals surface area (Å²) in [5, 5.41) is 8.82. The van der Waals surface area contributed by atoms with Crippen LogP contribution >= 0.6 is 0 Å². The van der Waals surface area contributed by atoms with E-state index < -0.39 is 0 Å². The van der Waals surface area contributed by atoms with Gasteiger partial charge in [0, 0.05) is 6.42 Å². The number of hydrogen-bond acceptors (Lipinski definition) is 2. The van der Waals surface area contributed by atoms with Gasteiger partial charge in [-0.05, 0) is 6.42 Å². The quantitative estimate of drug-likeness (QED) is 0.548. The maximum absolute atomic E-state index is 11.1. The first-order valence-electron chi connectivity index (χ1n) is 3.63. The Morgan fingerprint density at radius 1 is 1.82 bits per heavy atom. The zero-order valence-corrected chi connectivity index (χ0v) is 6.29. The van der Waals surface area contributed by atoms with Crippen LogP contribution in [0, 0.1) is 12.3 Å². The van der Waals surface area contributed by atoms with E-state index in [1.807, 2.05) is 0 Å². The molecule has 1 amide bonds. The molecule has 1 rings (SSSR count). The number of amides is 1. The third kappa shape index (κ3) is 1.52. The Morgan fingerprint density at radius 2 is 2.55 bits per heavy atom. The van der Waals surface area contributed by atoms with Crippen LogP contribution in [0.4, 0.5) is 0 Å². The molecule has 3 nitrogen and oxygen atoms in total. The van der Waals surface area contributed by atoms with Gasteiger partial charge >= 0.3 is 0 Å². The second kappa shape index (κ2) is 3.40. The third-order valence-corrected chi connectivity index (χ3v) is 1.92. The number of carbonyl (C=O) groups excluding carboxylic acids is 1. The highest BCUT2D eigenvalue weighted by Crippen LogP contribution is 2.16. The van der Waals surface area contributed by atoms with Gasteiger partial charge < -0.3 is 10.0 Å². The Hall–Kier alpha value is -1.01. The summed E-state index contributed by atoms with van der Waals surface area (Å²) in [5.41, 5.74) is 0. The number of carbonyl (C=O) groups is 1. The van der Waals surface area contributed by atoms with Crippen molar-refractivity contribution in [3.8, 4) is 12.3 Å². The Balaban J connectivity index is 2.57. The maximum atomic E-state index is 11.1. The zero-order chi connectivity index (χ0) is 8.27. The smallest absolute Gasteiger partial charge is 0.223 e. The normalized spacial score (nSPS) is 23.8. The van der Waals surface area contributed by atoms with Crippen molar-refractivity contribution in [1.29, 1.82) is 0 Å². The molecule has 11 heavy (non-hydrogen) atoms. The highest BCUT2D eigenvalue weighted by Gasteiger charge is 2.29. The minimum atomic E-state index is -0.0430. The van der Waals surface area contributed by atoms with E-state index in [-0.39, 0.29) is 18.6 Å². The molecule has 1 fully saturated rings. The van der Waals surface area contributed by atoms with Gasteiger partial charge in [-0.15, -0.1) is 6.42 Å². The van der Waals surface area contributed by atoms with Gasteiger partial charge in [0.05, 0.1) is 19.2 Å². The van der Waals surface area contributed by atoms with Gasteiger partial charge in [-0.2, -0.15) is 0 Å². The van der Waals surface area contributed by atoms with Crippen LogP contribution in [-0.2, 0) is 4.79 Å². The summed E-state index contributed by atoms with van der Waals surface area (Å²) in [7, 11) is 0. The monoisotopic (exact) mass is 153 g/mol. The molecule has 1 aliphatic rings. The van der Waals surface area contributed by atoms with Crippen LogP contribution in [-0.4, -0.2) is 35.1 Å². The van der Waals surface area contributed by atoms with Crippen LogP contribution in [0.5, 0.6) is 0 Å². The van der Waals surface area contributed by atoms with Gasteiger partial charge in [0.2, 0.25) is 5.91 Å². The lowest BCUT2D eigenvalue weighted by molar-refractivity contribution is -0.128. The molecular formula is C8H11NO2. The van der Waals surface area contributed by atoms with E-state index in [1.54, 1.807) is 4.90 Å². The minimum absolute atomic E-state index is 0.0212. The van der Waals surface area contributed by atoms with E-state index in [2.05, 4.69) is 5.92 Å². The number of aliphatic hydroxyl groups excluding tert-OH is 1. The SMILES string of the molecule is C#CCN1C(=O)CCC1CO. The first kappa shape index (κ1) is 8.09. The highest BCUT2D eigenvalue weighted by atomic mass is 16.3. The predicted octanol–water partition coefficient (Wildman–Crippen LogP) is -0.397. The van der Waals surface area contributed by atoms with Crippen molar-refractivity contribution in [3.05, 3.63) is 0 Å². The summed E-state index contributed by atoms with van der Waals surface area (Å²) >= 11 is 0. The molecule has 0 aromatic heterocycles. The van der Waals surface area contributed by atoms with Gasteiger partial charge in [0.15, 0.2) is 0 Å². The highest BCUT2D eigenvalue weighted by molar-refractivity contribution is 5.79. The van der Waals surface area contributed by atoms with Crippen LogP contribution in [0.25, 0.3) is 0 Å². The summed E-state index contributed by atoms with van der Waals surface area (Å²) in [4.78, 5) is 12.6. The number of rotatable bonds is 2. The van der Waals surface area contributed by atoms with Crippen LogP contribution < -0.4 is 0 Å². The summed E-state index contributed by atoms with van der Waals surface area (Å²) in [6, 6.07) is -0.0430. The van der Waals surface area contributed by atoms with Crippen molar-refractivity contribution in [2.45, 2.75) is 18.9 Å². The molecule has 1 aliphatic heterocycles. The minimum Gasteiger partial charge on any atom is -0.394 e. The topological polar surface area (TPSA) is 40.5 Å². The van der Waals surface area contributed by atoms with E-state index in [0.29, 0.717) is 13.0 Å². The van der Waals surface area contributed by atoms with Gasteiger partial charge in [0.1, 0.15) is 0 Å². The molecule has 0 radical (unpaired) electrons. The second-order valence-electron chi connectivity index (χ2n) is 2.60. The van der Waals surface area contributed by atoms with Gasteiger partial charge in [-0.3, -0.25) is 4.79 Å². The molecule has 1 unspecified atom stereocenters. The lowest BCUT2D eigenvalue weighted by Crippen LogP contribution is -2.35. The molecule has 0 saturated carbocycles. The maximum Gasteiger partial charge on any atom is 0.223 e. The molecule has 0 aromatic carbocycles. The first-order valence-corrected chi connectivity index (χ1v) is 3.63. The number of nitrogens with zero attached hydrogens (tertiary/aromatic N) is 1. The molecule has 0 spiro atoms. The Bertz CT molecular complexity index is 195. The fraction of sp³-hybridized carbons (Fsp3) is 0.625. The predicted molar refractivity (Wildman–Crippen MR) is 40.7 cm³/mol. The summed E-state index contributed by atoms with van der Waals surface area (Å²) < 4.78 is 0. The van der Waals surface area contributed by atoms with E-state index in [9.17, 15) is 4.79 Å². The lowest BCUT2D eigenvalue weighted by Gasteiger charge is -2.19. The summed E-state index contributed by atoms with van der Waals surface area (Å²) in [6.07, 6.45) is 6.32. The lowest BCUT2D eigenvalue weighted by atomic mass is 10.2. The third-order valence-electron chi connectivity index (χ3n) is 1.92. The molecule has 1 saturated heterocycles. The average molecular weight is 153 g/mol. The molecular weight excluding hydrogens is 142 g/mol.